The molecular weight excluding hydrogens is 314 g/mol. The molecule has 5 nitrogen and oxygen atoms in total. The lowest BCUT2D eigenvalue weighted by molar-refractivity contribution is 0.0636. The van der Waals surface area contributed by atoms with E-state index in [0.29, 0.717) is 11.6 Å². The smallest absolute Gasteiger partial charge is 0.412 e. The number of hydrogen-bond donors (Lipinski definition) is 3. The fraction of sp³-hybridized carbons (Fsp3) is 0.350. The van der Waals surface area contributed by atoms with E-state index in [9.17, 15) is 4.79 Å². The summed E-state index contributed by atoms with van der Waals surface area (Å²) in [6.07, 6.45) is -0.448. The van der Waals surface area contributed by atoms with Gasteiger partial charge in [-0.2, -0.15) is 0 Å². The largest absolute Gasteiger partial charge is 0.444 e. The molecule has 1 heterocycles. The van der Waals surface area contributed by atoms with E-state index in [-0.39, 0.29) is 0 Å². The monoisotopic (exact) mass is 339 g/mol. The molecule has 1 atom stereocenters. The summed E-state index contributed by atoms with van der Waals surface area (Å²) in [6, 6.07) is 16.2. The number of benzene rings is 2. The summed E-state index contributed by atoms with van der Waals surface area (Å²) in [5.74, 6) is 0.385. The van der Waals surface area contributed by atoms with Gasteiger partial charge in [-0.25, -0.2) is 4.79 Å². The van der Waals surface area contributed by atoms with E-state index in [0.717, 1.165) is 24.5 Å². The highest BCUT2D eigenvalue weighted by atomic mass is 16.6. The summed E-state index contributed by atoms with van der Waals surface area (Å²) >= 11 is 0. The number of fused-ring (bicyclic) bond motifs is 1. The summed E-state index contributed by atoms with van der Waals surface area (Å²) in [7, 11) is 0. The van der Waals surface area contributed by atoms with Gasteiger partial charge in [0.05, 0.1) is 11.4 Å². The minimum Gasteiger partial charge on any atom is -0.444 e. The van der Waals surface area contributed by atoms with Crippen LogP contribution in [0.15, 0.2) is 48.5 Å². The predicted molar refractivity (Wildman–Crippen MR) is 102 cm³/mol. The van der Waals surface area contributed by atoms with Crippen LogP contribution in [-0.2, 0) is 4.74 Å². The van der Waals surface area contributed by atoms with Gasteiger partial charge in [0, 0.05) is 24.7 Å². The van der Waals surface area contributed by atoms with Crippen molar-refractivity contribution in [3.63, 3.8) is 0 Å². The molecule has 2 aromatic carbocycles. The molecule has 0 saturated heterocycles. The quantitative estimate of drug-likeness (QED) is 0.745. The number of hydrogen-bond acceptors (Lipinski definition) is 4. The van der Waals surface area contributed by atoms with Crippen molar-refractivity contribution in [3.8, 4) is 0 Å². The highest BCUT2D eigenvalue weighted by Gasteiger charge is 2.19. The van der Waals surface area contributed by atoms with Crippen LogP contribution in [0.2, 0.25) is 0 Å². The van der Waals surface area contributed by atoms with E-state index >= 15 is 0 Å². The first-order valence-electron chi connectivity index (χ1n) is 8.57. The first-order chi connectivity index (χ1) is 11.9. The van der Waals surface area contributed by atoms with E-state index in [4.69, 9.17) is 4.74 Å². The van der Waals surface area contributed by atoms with Crippen molar-refractivity contribution in [2.75, 3.05) is 29.0 Å². The zero-order chi connectivity index (χ0) is 17.9. The number of nitrogens with one attached hydrogen (secondary N) is 3. The van der Waals surface area contributed by atoms with Crippen molar-refractivity contribution in [2.24, 2.45) is 0 Å². The van der Waals surface area contributed by atoms with Gasteiger partial charge in [-0.15, -0.1) is 0 Å². The minimum absolute atomic E-state index is 0.385. The van der Waals surface area contributed by atoms with Gasteiger partial charge in [-0.05, 0) is 44.5 Å². The third-order valence-electron chi connectivity index (χ3n) is 4.01. The summed E-state index contributed by atoms with van der Waals surface area (Å²) < 4.78 is 5.30. The van der Waals surface area contributed by atoms with E-state index in [2.05, 4.69) is 40.2 Å². The van der Waals surface area contributed by atoms with Gasteiger partial charge in [-0.3, -0.25) is 5.32 Å². The van der Waals surface area contributed by atoms with Crippen LogP contribution in [-0.4, -0.2) is 24.8 Å². The minimum atomic E-state index is -0.515. The van der Waals surface area contributed by atoms with Crippen LogP contribution in [0.3, 0.4) is 0 Å². The molecule has 5 heteroatoms. The van der Waals surface area contributed by atoms with Crippen molar-refractivity contribution in [1.82, 2.24) is 0 Å². The Bertz CT molecular complexity index is 738. The Balaban J connectivity index is 1.68. The summed E-state index contributed by atoms with van der Waals surface area (Å²) in [6.45, 7) is 7.24. The van der Waals surface area contributed by atoms with Gasteiger partial charge < -0.3 is 15.4 Å². The fourth-order valence-corrected chi connectivity index (χ4v) is 2.84. The lowest BCUT2D eigenvalue weighted by atomic mass is 9.99. The molecule has 0 aliphatic carbocycles. The molecule has 0 bridgehead atoms. The maximum atomic E-state index is 11.9. The molecule has 1 aliphatic rings. The second kappa shape index (κ2) is 7.05. The standard InChI is InChI=1S/C20H25N3O2/c1-20(2,3)25-19(24)23-16-9-10-17-18(11-16)22-13-15(12-21-17)14-7-5-4-6-8-14/h4-11,15,21-22H,12-13H2,1-3H3,(H,23,24). The van der Waals surface area contributed by atoms with Crippen LogP contribution < -0.4 is 16.0 Å². The third-order valence-corrected chi connectivity index (χ3v) is 4.01. The van der Waals surface area contributed by atoms with Crippen LogP contribution in [0.25, 0.3) is 0 Å². The number of anilines is 3. The number of amides is 1. The second-order valence-electron chi connectivity index (χ2n) is 7.26. The fourth-order valence-electron chi connectivity index (χ4n) is 2.84. The third kappa shape index (κ3) is 4.66. The molecule has 1 aliphatic heterocycles. The predicted octanol–water partition coefficient (Wildman–Crippen LogP) is 4.65. The Morgan fingerprint density at radius 2 is 1.72 bits per heavy atom. The molecule has 1 amide bonds. The van der Waals surface area contributed by atoms with Crippen LogP contribution in [0.5, 0.6) is 0 Å². The molecule has 3 rings (SSSR count). The molecule has 2 aromatic rings. The molecule has 1 unspecified atom stereocenters. The Hall–Kier alpha value is -2.69. The lowest BCUT2D eigenvalue weighted by Gasteiger charge is -2.20. The Morgan fingerprint density at radius 1 is 1.04 bits per heavy atom. The number of ether oxygens (including phenoxy) is 1. The molecular formula is C20H25N3O2. The van der Waals surface area contributed by atoms with Crippen molar-refractivity contribution >= 4 is 23.2 Å². The number of rotatable bonds is 2. The van der Waals surface area contributed by atoms with Crippen LogP contribution >= 0.6 is 0 Å². The van der Waals surface area contributed by atoms with Gasteiger partial charge in [0.1, 0.15) is 5.60 Å². The maximum absolute atomic E-state index is 11.9. The van der Waals surface area contributed by atoms with Gasteiger partial charge >= 0.3 is 6.09 Å². The Labute approximate surface area is 148 Å². The van der Waals surface area contributed by atoms with Gasteiger partial charge in [0.15, 0.2) is 0 Å². The van der Waals surface area contributed by atoms with Gasteiger partial charge in [0.2, 0.25) is 0 Å². The highest BCUT2D eigenvalue weighted by Crippen LogP contribution is 2.30. The van der Waals surface area contributed by atoms with Gasteiger partial charge in [-0.1, -0.05) is 30.3 Å². The zero-order valence-electron chi connectivity index (χ0n) is 14.9. The van der Waals surface area contributed by atoms with Crippen molar-refractivity contribution in [2.45, 2.75) is 32.3 Å². The number of carbonyl (C=O) groups excluding carboxylic acids is 1. The van der Waals surface area contributed by atoms with Gasteiger partial charge in [0.25, 0.3) is 0 Å². The second-order valence-corrected chi connectivity index (χ2v) is 7.26. The average Bonchev–Trinajstić information content (AvgIpc) is 2.76. The van der Waals surface area contributed by atoms with E-state index in [1.807, 2.05) is 45.0 Å². The molecule has 0 radical (unpaired) electrons. The van der Waals surface area contributed by atoms with E-state index < -0.39 is 11.7 Å². The summed E-state index contributed by atoms with van der Waals surface area (Å²) in [5, 5.41) is 9.75. The lowest BCUT2D eigenvalue weighted by Crippen LogP contribution is -2.27. The summed E-state index contributed by atoms with van der Waals surface area (Å²) in [5.41, 5.74) is 3.52. The molecule has 132 valence electrons. The Kier molecular flexibility index (Phi) is 4.83. The van der Waals surface area contributed by atoms with Crippen LogP contribution in [0, 0.1) is 0 Å². The zero-order valence-corrected chi connectivity index (χ0v) is 14.9. The summed E-state index contributed by atoms with van der Waals surface area (Å²) in [4.78, 5) is 11.9. The molecule has 25 heavy (non-hydrogen) atoms. The molecule has 0 fully saturated rings. The normalized spacial score (nSPS) is 16.7. The number of carbonyl (C=O) groups is 1. The molecule has 0 aromatic heterocycles. The SMILES string of the molecule is CC(C)(C)OC(=O)Nc1ccc2c(c1)NCC(c1ccccc1)CN2. The Morgan fingerprint density at radius 3 is 2.40 bits per heavy atom. The van der Waals surface area contributed by atoms with Crippen molar-refractivity contribution in [1.29, 1.82) is 0 Å². The first-order valence-corrected chi connectivity index (χ1v) is 8.57. The molecule has 3 N–H and O–H groups in total. The van der Waals surface area contributed by atoms with Crippen LogP contribution in [0.1, 0.15) is 32.3 Å². The molecule has 0 spiro atoms. The molecule has 0 saturated carbocycles. The van der Waals surface area contributed by atoms with E-state index in [1.165, 1.54) is 5.56 Å². The van der Waals surface area contributed by atoms with E-state index in [1.54, 1.807) is 0 Å². The van der Waals surface area contributed by atoms with Crippen molar-refractivity contribution in [3.05, 3.63) is 54.1 Å². The first kappa shape index (κ1) is 17.1. The average molecular weight is 339 g/mol. The highest BCUT2D eigenvalue weighted by molar-refractivity contribution is 5.87. The maximum Gasteiger partial charge on any atom is 0.412 e. The topological polar surface area (TPSA) is 62.4 Å². The van der Waals surface area contributed by atoms with Crippen molar-refractivity contribution < 1.29 is 9.53 Å². The van der Waals surface area contributed by atoms with Crippen LogP contribution in [0.4, 0.5) is 21.9 Å².